The van der Waals surface area contributed by atoms with E-state index < -0.39 is 18.5 Å². The lowest BCUT2D eigenvalue weighted by atomic mass is 10.1. The summed E-state index contributed by atoms with van der Waals surface area (Å²) in [5.74, 6) is -1.23. The van der Waals surface area contributed by atoms with Crippen molar-refractivity contribution in [1.82, 2.24) is 4.57 Å². The van der Waals surface area contributed by atoms with Crippen molar-refractivity contribution in [1.29, 1.82) is 0 Å². The molecule has 142 valence electrons. The number of aromatic nitrogens is 1. The van der Waals surface area contributed by atoms with Gasteiger partial charge in [-0.2, -0.15) is 4.99 Å². The monoisotopic (exact) mass is 414 g/mol. The highest BCUT2D eigenvalue weighted by molar-refractivity contribution is 7.07. The van der Waals surface area contributed by atoms with Crippen LogP contribution in [0.25, 0.3) is 0 Å². The van der Waals surface area contributed by atoms with E-state index >= 15 is 0 Å². The van der Waals surface area contributed by atoms with Crippen molar-refractivity contribution >= 4 is 41.1 Å². The number of halogens is 1. The largest absolute Gasteiger partial charge is 0.452 e. The molecule has 0 unspecified atom stereocenters. The minimum atomic E-state index is -0.656. The van der Waals surface area contributed by atoms with E-state index in [1.165, 1.54) is 35.6 Å². The zero-order chi connectivity index (χ0) is 19.9. The third kappa shape index (κ3) is 5.03. The second-order valence-electron chi connectivity index (χ2n) is 5.73. The summed E-state index contributed by atoms with van der Waals surface area (Å²) in [6, 6.07) is 13.4. The first kappa shape index (κ1) is 19.7. The molecule has 1 amide bonds. The Morgan fingerprint density at radius 3 is 2.61 bits per heavy atom. The van der Waals surface area contributed by atoms with Gasteiger partial charge in [-0.25, -0.2) is 4.79 Å². The molecule has 0 radical (unpaired) electrons. The third-order valence-electron chi connectivity index (χ3n) is 3.79. The van der Waals surface area contributed by atoms with E-state index in [0.29, 0.717) is 28.2 Å². The fraction of sp³-hybridized carbons (Fsp3) is 0.100. The van der Waals surface area contributed by atoms with Crippen LogP contribution in [0.3, 0.4) is 0 Å². The van der Waals surface area contributed by atoms with Gasteiger partial charge in [-0.1, -0.05) is 41.9 Å². The lowest BCUT2D eigenvalue weighted by Crippen LogP contribution is -2.20. The van der Waals surface area contributed by atoms with Crippen LogP contribution in [0.5, 0.6) is 0 Å². The van der Waals surface area contributed by atoms with E-state index in [4.69, 9.17) is 16.3 Å². The molecule has 3 rings (SSSR count). The molecular weight excluding hydrogens is 400 g/mol. The van der Waals surface area contributed by atoms with Crippen LogP contribution >= 0.6 is 22.9 Å². The number of rotatable bonds is 6. The summed E-state index contributed by atoms with van der Waals surface area (Å²) in [7, 11) is 0. The van der Waals surface area contributed by atoms with Gasteiger partial charge in [0.15, 0.2) is 11.4 Å². The maximum atomic E-state index is 12.1. The Labute approximate surface area is 169 Å². The average Bonchev–Trinajstić information content (AvgIpc) is 3.14. The molecule has 0 atom stereocenters. The summed E-state index contributed by atoms with van der Waals surface area (Å²) in [5.41, 5.74) is 1.60. The predicted molar refractivity (Wildman–Crippen MR) is 106 cm³/mol. The SMILES string of the molecule is O=Cc1ccc(C(=O)OCC(=O)N=c2sccn2Cc2ccccc2Cl)cc1. The Bertz CT molecular complexity index is 1070. The second kappa shape index (κ2) is 9.25. The minimum absolute atomic E-state index is 0.253. The molecule has 28 heavy (non-hydrogen) atoms. The lowest BCUT2D eigenvalue weighted by molar-refractivity contribution is -0.121. The number of nitrogens with zero attached hydrogens (tertiary/aromatic N) is 2. The number of esters is 1. The zero-order valence-electron chi connectivity index (χ0n) is 14.6. The van der Waals surface area contributed by atoms with E-state index in [-0.39, 0.29) is 5.56 Å². The fourth-order valence-corrected chi connectivity index (χ4v) is 3.30. The number of carbonyl (C=O) groups is 3. The average molecular weight is 415 g/mol. The van der Waals surface area contributed by atoms with E-state index in [2.05, 4.69) is 4.99 Å². The highest BCUT2D eigenvalue weighted by atomic mass is 35.5. The number of aldehydes is 1. The van der Waals surface area contributed by atoms with Gasteiger partial charge in [0.05, 0.1) is 12.1 Å². The van der Waals surface area contributed by atoms with Crippen molar-refractivity contribution in [3.05, 3.63) is 86.6 Å². The second-order valence-corrected chi connectivity index (χ2v) is 7.01. The van der Waals surface area contributed by atoms with Gasteiger partial charge < -0.3 is 9.30 Å². The smallest absolute Gasteiger partial charge is 0.338 e. The summed E-state index contributed by atoms with van der Waals surface area (Å²) in [6.45, 7) is -0.00356. The molecule has 0 saturated carbocycles. The van der Waals surface area contributed by atoms with Gasteiger partial charge in [-0.05, 0) is 23.8 Å². The Hall–Kier alpha value is -3.03. The minimum Gasteiger partial charge on any atom is -0.452 e. The molecule has 0 N–H and O–H groups in total. The first-order valence-corrected chi connectivity index (χ1v) is 9.50. The van der Waals surface area contributed by atoms with Crippen molar-refractivity contribution in [2.45, 2.75) is 6.54 Å². The summed E-state index contributed by atoms with van der Waals surface area (Å²) < 4.78 is 6.79. The molecule has 6 nitrogen and oxygen atoms in total. The van der Waals surface area contributed by atoms with Crippen LogP contribution in [0.1, 0.15) is 26.3 Å². The van der Waals surface area contributed by atoms with Crippen molar-refractivity contribution in [3.8, 4) is 0 Å². The molecule has 0 spiro atoms. The van der Waals surface area contributed by atoms with Crippen LogP contribution < -0.4 is 4.80 Å². The van der Waals surface area contributed by atoms with Gasteiger partial charge in [-0.3, -0.25) is 9.59 Å². The van der Waals surface area contributed by atoms with Crippen LogP contribution in [-0.4, -0.2) is 29.3 Å². The molecule has 0 aliphatic carbocycles. The van der Waals surface area contributed by atoms with Gasteiger partial charge in [0.1, 0.15) is 6.29 Å². The molecular formula is C20H15ClN2O4S. The third-order valence-corrected chi connectivity index (χ3v) is 4.95. The number of thiazole rings is 1. The lowest BCUT2D eigenvalue weighted by Gasteiger charge is -2.05. The van der Waals surface area contributed by atoms with Crippen LogP contribution in [-0.2, 0) is 16.1 Å². The van der Waals surface area contributed by atoms with E-state index in [0.717, 1.165) is 5.56 Å². The van der Waals surface area contributed by atoms with Crippen molar-refractivity contribution in [3.63, 3.8) is 0 Å². The molecule has 2 aromatic carbocycles. The summed E-state index contributed by atoms with van der Waals surface area (Å²) in [5, 5.41) is 2.44. The van der Waals surface area contributed by atoms with Crippen LogP contribution in [0.4, 0.5) is 0 Å². The Kier molecular flexibility index (Phi) is 6.52. The maximum absolute atomic E-state index is 12.1. The van der Waals surface area contributed by atoms with E-state index in [9.17, 15) is 14.4 Å². The highest BCUT2D eigenvalue weighted by Gasteiger charge is 2.10. The van der Waals surface area contributed by atoms with Gasteiger partial charge >= 0.3 is 5.97 Å². The van der Waals surface area contributed by atoms with E-state index in [1.54, 1.807) is 16.8 Å². The highest BCUT2D eigenvalue weighted by Crippen LogP contribution is 2.15. The summed E-state index contributed by atoms with van der Waals surface area (Å²) in [6.07, 6.45) is 2.48. The van der Waals surface area contributed by atoms with Crippen LogP contribution in [0.15, 0.2) is 65.1 Å². The predicted octanol–water partition coefficient (Wildman–Crippen LogP) is 3.35. The molecule has 0 bridgehead atoms. The molecule has 3 aromatic rings. The molecule has 1 aromatic heterocycles. The van der Waals surface area contributed by atoms with Gasteiger partial charge in [0.2, 0.25) is 0 Å². The Morgan fingerprint density at radius 1 is 1.14 bits per heavy atom. The maximum Gasteiger partial charge on any atom is 0.338 e. The van der Waals surface area contributed by atoms with Gasteiger partial charge in [-0.15, -0.1) is 11.3 Å². The van der Waals surface area contributed by atoms with Gasteiger partial charge in [0.25, 0.3) is 5.91 Å². The fourth-order valence-electron chi connectivity index (χ4n) is 2.36. The number of benzene rings is 2. The number of amides is 1. The Balaban J connectivity index is 1.65. The van der Waals surface area contributed by atoms with Crippen molar-refractivity contribution < 1.29 is 19.1 Å². The standard InChI is InChI=1S/C20H15ClN2O4S/c21-17-4-2-1-3-16(17)11-23-9-10-28-20(23)22-18(25)13-27-19(26)15-7-5-14(12-24)6-8-15/h1-10,12H,11,13H2. The molecule has 0 fully saturated rings. The van der Waals surface area contributed by atoms with E-state index in [1.807, 2.05) is 23.6 Å². The summed E-state index contributed by atoms with van der Waals surface area (Å²) >= 11 is 7.47. The normalized spacial score (nSPS) is 11.2. The van der Waals surface area contributed by atoms with Crippen molar-refractivity contribution in [2.24, 2.45) is 4.99 Å². The summed E-state index contributed by atoms with van der Waals surface area (Å²) in [4.78, 5) is 39.2. The first-order valence-electron chi connectivity index (χ1n) is 8.24. The number of carbonyl (C=O) groups excluding carboxylic acids is 3. The molecule has 0 aliphatic heterocycles. The topological polar surface area (TPSA) is 77.7 Å². The quantitative estimate of drug-likeness (QED) is 0.457. The number of hydrogen-bond acceptors (Lipinski definition) is 5. The number of ether oxygens (including phenoxy) is 1. The van der Waals surface area contributed by atoms with Crippen molar-refractivity contribution in [2.75, 3.05) is 6.61 Å². The van der Waals surface area contributed by atoms with Gasteiger partial charge in [0, 0.05) is 22.2 Å². The first-order chi connectivity index (χ1) is 13.6. The molecule has 0 saturated heterocycles. The molecule has 1 heterocycles. The number of hydrogen-bond donors (Lipinski definition) is 0. The Morgan fingerprint density at radius 2 is 1.89 bits per heavy atom. The molecule has 0 aliphatic rings. The van der Waals surface area contributed by atoms with Crippen LogP contribution in [0.2, 0.25) is 5.02 Å². The zero-order valence-corrected chi connectivity index (χ0v) is 16.2. The van der Waals surface area contributed by atoms with Crippen LogP contribution in [0, 0.1) is 0 Å². The molecule has 8 heteroatoms.